The lowest BCUT2D eigenvalue weighted by Crippen LogP contribution is -2.31. The van der Waals surface area contributed by atoms with Crippen LogP contribution in [0, 0.1) is 0 Å². The molecular formula is C20H28N4O4. The summed E-state index contributed by atoms with van der Waals surface area (Å²) in [5.74, 6) is 1.41. The van der Waals surface area contributed by atoms with Crippen molar-refractivity contribution in [1.82, 2.24) is 20.5 Å². The van der Waals surface area contributed by atoms with E-state index in [1.807, 2.05) is 13.8 Å². The molecule has 2 rings (SSSR count). The monoisotopic (exact) mass is 388 g/mol. The van der Waals surface area contributed by atoms with E-state index in [0.717, 1.165) is 12.8 Å². The summed E-state index contributed by atoms with van der Waals surface area (Å²) in [5, 5.41) is 10.9. The molecule has 0 saturated heterocycles. The highest BCUT2D eigenvalue weighted by atomic mass is 16.5. The molecule has 0 radical (unpaired) electrons. The van der Waals surface area contributed by atoms with Crippen molar-refractivity contribution in [1.29, 1.82) is 0 Å². The third-order valence-electron chi connectivity index (χ3n) is 4.00. The van der Waals surface area contributed by atoms with Gasteiger partial charge in [-0.25, -0.2) is 0 Å². The van der Waals surface area contributed by atoms with Crippen molar-refractivity contribution >= 4 is 5.91 Å². The van der Waals surface area contributed by atoms with Gasteiger partial charge in [-0.3, -0.25) is 9.59 Å². The van der Waals surface area contributed by atoms with E-state index in [-0.39, 0.29) is 36.0 Å². The highest BCUT2D eigenvalue weighted by Crippen LogP contribution is 2.31. The van der Waals surface area contributed by atoms with Crippen LogP contribution in [0.4, 0.5) is 0 Å². The van der Waals surface area contributed by atoms with Gasteiger partial charge in [-0.15, -0.1) is 10.2 Å². The van der Waals surface area contributed by atoms with Gasteiger partial charge in [0.25, 0.3) is 5.56 Å². The maximum atomic E-state index is 12.3. The van der Waals surface area contributed by atoms with Crippen LogP contribution in [-0.4, -0.2) is 40.8 Å². The molecule has 152 valence electrons. The fourth-order valence-corrected chi connectivity index (χ4v) is 2.54. The van der Waals surface area contributed by atoms with E-state index < -0.39 is 0 Å². The molecule has 2 aromatic rings. The Labute approximate surface area is 164 Å². The number of unbranched alkanes of at least 4 members (excludes halogenated alkanes) is 1. The highest BCUT2D eigenvalue weighted by Gasteiger charge is 2.12. The number of nitrogens with one attached hydrogen (secondary N) is 2. The molecule has 0 atom stereocenters. The lowest BCUT2D eigenvalue weighted by atomic mass is 10.2. The molecule has 1 aromatic carbocycles. The molecule has 0 saturated carbocycles. The Morgan fingerprint density at radius 3 is 2.68 bits per heavy atom. The molecule has 0 fully saturated rings. The Hall–Kier alpha value is -2.90. The van der Waals surface area contributed by atoms with Gasteiger partial charge < -0.3 is 19.8 Å². The summed E-state index contributed by atoms with van der Waals surface area (Å²) in [6.45, 7) is 6.47. The summed E-state index contributed by atoms with van der Waals surface area (Å²) in [5.41, 5.74) is 0.534. The predicted octanol–water partition coefficient (Wildman–Crippen LogP) is 2.48. The number of H-pyrrole nitrogens is 1. The number of hydrogen-bond acceptors (Lipinski definition) is 6. The zero-order valence-corrected chi connectivity index (χ0v) is 16.9. The number of hydrogen-bond donors (Lipinski definition) is 2. The van der Waals surface area contributed by atoms with E-state index in [2.05, 4.69) is 27.4 Å². The summed E-state index contributed by atoms with van der Waals surface area (Å²) < 4.78 is 11.1. The Morgan fingerprint density at radius 2 is 2.04 bits per heavy atom. The second-order valence-electron chi connectivity index (χ2n) is 6.74. The molecular weight excluding hydrogens is 360 g/mol. The Morgan fingerprint density at radius 1 is 1.25 bits per heavy atom. The maximum Gasteiger partial charge on any atom is 0.273 e. The van der Waals surface area contributed by atoms with Crippen LogP contribution in [0.2, 0.25) is 0 Å². The van der Waals surface area contributed by atoms with Crippen LogP contribution < -0.4 is 20.3 Å². The minimum Gasteiger partial charge on any atom is -0.493 e. The van der Waals surface area contributed by atoms with Crippen molar-refractivity contribution in [2.75, 3.05) is 13.7 Å². The summed E-state index contributed by atoms with van der Waals surface area (Å²) in [6, 6.07) is 5.38. The van der Waals surface area contributed by atoms with Crippen molar-refractivity contribution < 1.29 is 14.3 Å². The standard InChI is InChI=1S/C20H28N4O4/c1-5-6-11-28-16-9-7-14(12-17(16)27-4)19-22-20(26)15(23-24-19)8-10-18(25)21-13(2)3/h7,9,12-13H,5-6,8,10-11H2,1-4H3,(H,21,25)(H,22,24,26). The van der Waals surface area contributed by atoms with E-state index in [4.69, 9.17) is 9.47 Å². The number of ether oxygens (including phenoxy) is 2. The topological polar surface area (TPSA) is 106 Å². The SMILES string of the molecule is CCCCOc1ccc(-c2nnc(CCC(=O)NC(C)C)c(=O)[nH]2)cc1OC. The van der Waals surface area contributed by atoms with Gasteiger partial charge in [0.15, 0.2) is 17.3 Å². The van der Waals surface area contributed by atoms with Gasteiger partial charge in [-0.1, -0.05) is 13.3 Å². The van der Waals surface area contributed by atoms with Crippen LogP contribution in [0.5, 0.6) is 11.5 Å². The summed E-state index contributed by atoms with van der Waals surface area (Å²) in [4.78, 5) is 26.7. The van der Waals surface area contributed by atoms with E-state index in [0.29, 0.717) is 29.5 Å². The number of aromatic nitrogens is 3. The number of methoxy groups -OCH3 is 1. The normalized spacial score (nSPS) is 10.8. The van der Waals surface area contributed by atoms with Crippen molar-refractivity contribution in [2.24, 2.45) is 0 Å². The van der Waals surface area contributed by atoms with Gasteiger partial charge in [0, 0.05) is 24.4 Å². The molecule has 0 aliphatic rings. The van der Waals surface area contributed by atoms with Gasteiger partial charge in [0.2, 0.25) is 5.91 Å². The van der Waals surface area contributed by atoms with Crippen molar-refractivity contribution in [3.63, 3.8) is 0 Å². The van der Waals surface area contributed by atoms with Gasteiger partial charge in [0.05, 0.1) is 13.7 Å². The van der Waals surface area contributed by atoms with Crippen LogP contribution >= 0.6 is 0 Å². The van der Waals surface area contributed by atoms with Crippen LogP contribution in [0.25, 0.3) is 11.4 Å². The second kappa shape index (κ2) is 10.4. The number of nitrogens with zero attached hydrogens (tertiary/aromatic N) is 2. The van der Waals surface area contributed by atoms with Crippen LogP contribution in [-0.2, 0) is 11.2 Å². The highest BCUT2D eigenvalue weighted by molar-refractivity contribution is 5.76. The molecule has 0 aliphatic heterocycles. The van der Waals surface area contributed by atoms with Gasteiger partial charge in [-0.05, 0) is 38.5 Å². The molecule has 1 amide bonds. The molecule has 8 heteroatoms. The first-order chi connectivity index (χ1) is 13.4. The average Bonchev–Trinajstić information content (AvgIpc) is 2.66. The number of aromatic amines is 1. The predicted molar refractivity (Wildman–Crippen MR) is 107 cm³/mol. The molecule has 0 aliphatic carbocycles. The fraction of sp³-hybridized carbons (Fsp3) is 0.500. The van der Waals surface area contributed by atoms with Crippen molar-refractivity contribution in [3.05, 3.63) is 34.2 Å². The molecule has 1 heterocycles. The Balaban J connectivity index is 2.12. The van der Waals surface area contributed by atoms with E-state index in [9.17, 15) is 9.59 Å². The average molecular weight is 388 g/mol. The number of benzene rings is 1. The van der Waals surface area contributed by atoms with Crippen LogP contribution in [0.1, 0.15) is 45.7 Å². The smallest absolute Gasteiger partial charge is 0.273 e. The van der Waals surface area contributed by atoms with Crippen molar-refractivity contribution in [3.8, 4) is 22.9 Å². The molecule has 28 heavy (non-hydrogen) atoms. The molecule has 0 unspecified atom stereocenters. The minimum absolute atomic E-state index is 0.0585. The van der Waals surface area contributed by atoms with Crippen LogP contribution in [0.15, 0.2) is 23.0 Å². The lowest BCUT2D eigenvalue weighted by Gasteiger charge is -2.11. The molecule has 8 nitrogen and oxygen atoms in total. The quantitative estimate of drug-likeness (QED) is 0.606. The fourth-order valence-electron chi connectivity index (χ4n) is 2.54. The molecule has 0 bridgehead atoms. The van der Waals surface area contributed by atoms with Crippen molar-refractivity contribution in [2.45, 2.75) is 52.5 Å². The Kier molecular flexibility index (Phi) is 7.98. The number of rotatable bonds is 10. The first-order valence-electron chi connectivity index (χ1n) is 9.51. The largest absolute Gasteiger partial charge is 0.493 e. The third kappa shape index (κ3) is 6.07. The summed E-state index contributed by atoms with van der Waals surface area (Å²) in [6.07, 6.45) is 2.42. The molecule has 0 spiro atoms. The summed E-state index contributed by atoms with van der Waals surface area (Å²) >= 11 is 0. The molecule has 1 aromatic heterocycles. The first-order valence-corrected chi connectivity index (χ1v) is 9.51. The third-order valence-corrected chi connectivity index (χ3v) is 4.00. The lowest BCUT2D eigenvalue weighted by molar-refractivity contribution is -0.121. The minimum atomic E-state index is -0.357. The van der Waals surface area contributed by atoms with Gasteiger partial charge >= 0.3 is 0 Å². The summed E-state index contributed by atoms with van der Waals surface area (Å²) in [7, 11) is 1.56. The zero-order valence-electron chi connectivity index (χ0n) is 16.9. The van der Waals surface area contributed by atoms with E-state index >= 15 is 0 Å². The number of carbonyl (C=O) groups is 1. The number of carbonyl (C=O) groups excluding carboxylic acids is 1. The first kappa shape index (κ1) is 21.4. The van der Waals surface area contributed by atoms with Gasteiger partial charge in [0.1, 0.15) is 5.69 Å². The maximum absolute atomic E-state index is 12.3. The number of amides is 1. The van der Waals surface area contributed by atoms with Gasteiger partial charge in [-0.2, -0.15) is 0 Å². The number of aryl methyl sites for hydroxylation is 1. The van der Waals surface area contributed by atoms with E-state index in [1.54, 1.807) is 25.3 Å². The van der Waals surface area contributed by atoms with Crippen LogP contribution in [0.3, 0.4) is 0 Å². The zero-order chi connectivity index (χ0) is 20.5. The Bertz CT molecular complexity index is 848. The van der Waals surface area contributed by atoms with E-state index in [1.165, 1.54) is 0 Å². The second-order valence-corrected chi connectivity index (χ2v) is 6.74. The molecule has 2 N–H and O–H groups in total.